The summed E-state index contributed by atoms with van der Waals surface area (Å²) < 4.78 is 5.01. The lowest BCUT2D eigenvalue weighted by Gasteiger charge is -2.25. The SMILES string of the molecule is COc1ccc(CNC(=O)C[C@@H]2CC[C@H](CNC(C)=O)N2C)cn1. The number of likely N-dealkylation sites (N-methyl/N-ethyl adjacent to an activating group) is 1. The first-order chi connectivity index (χ1) is 11.5. The molecule has 24 heavy (non-hydrogen) atoms. The summed E-state index contributed by atoms with van der Waals surface area (Å²) in [6, 6.07) is 4.19. The summed E-state index contributed by atoms with van der Waals surface area (Å²) >= 11 is 0. The van der Waals surface area contributed by atoms with E-state index >= 15 is 0 Å². The first-order valence-electron chi connectivity index (χ1n) is 8.21. The third kappa shape index (κ3) is 5.19. The van der Waals surface area contributed by atoms with Gasteiger partial charge in [-0.25, -0.2) is 4.98 Å². The molecule has 132 valence electrons. The van der Waals surface area contributed by atoms with Crippen LogP contribution in [0.15, 0.2) is 18.3 Å². The molecule has 0 spiro atoms. The van der Waals surface area contributed by atoms with Crippen LogP contribution in [0.1, 0.15) is 31.7 Å². The number of ether oxygens (including phenoxy) is 1. The molecule has 1 saturated heterocycles. The van der Waals surface area contributed by atoms with Crippen molar-refractivity contribution in [3.63, 3.8) is 0 Å². The topological polar surface area (TPSA) is 83.6 Å². The van der Waals surface area contributed by atoms with Crippen molar-refractivity contribution in [2.45, 2.75) is 44.8 Å². The lowest BCUT2D eigenvalue weighted by molar-refractivity contribution is -0.122. The zero-order chi connectivity index (χ0) is 17.5. The summed E-state index contributed by atoms with van der Waals surface area (Å²) in [5, 5.41) is 5.78. The van der Waals surface area contributed by atoms with E-state index in [0.717, 1.165) is 18.4 Å². The van der Waals surface area contributed by atoms with Gasteiger partial charge < -0.3 is 15.4 Å². The van der Waals surface area contributed by atoms with Crippen LogP contribution in [0.2, 0.25) is 0 Å². The molecule has 1 aromatic heterocycles. The number of nitrogens with zero attached hydrogens (tertiary/aromatic N) is 2. The standard InChI is InChI=1S/C17H26N4O3/c1-12(22)18-11-15-6-5-14(21(15)2)8-16(23)19-9-13-4-7-17(24-3)20-10-13/h4,7,10,14-15H,5-6,8-9,11H2,1-3H3,(H,18,22)(H,19,23)/t14-,15+/m0/s1. The molecule has 0 bridgehead atoms. The second-order valence-corrected chi connectivity index (χ2v) is 6.18. The molecule has 2 rings (SSSR count). The van der Waals surface area contributed by atoms with Gasteiger partial charge in [-0.05, 0) is 25.5 Å². The molecule has 0 radical (unpaired) electrons. The molecule has 2 N–H and O–H groups in total. The Bertz CT molecular complexity index is 561. The molecule has 2 heterocycles. The van der Waals surface area contributed by atoms with Crippen LogP contribution in [0.3, 0.4) is 0 Å². The fourth-order valence-electron chi connectivity index (χ4n) is 2.97. The molecule has 2 amide bonds. The summed E-state index contributed by atoms with van der Waals surface area (Å²) in [5.74, 6) is 0.573. The van der Waals surface area contributed by atoms with E-state index < -0.39 is 0 Å². The molecule has 2 atom stereocenters. The van der Waals surface area contributed by atoms with E-state index in [2.05, 4.69) is 20.5 Å². The highest BCUT2D eigenvalue weighted by Crippen LogP contribution is 2.24. The van der Waals surface area contributed by atoms with Crippen LogP contribution in [0.25, 0.3) is 0 Å². The highest BCUT2D eigenvalue weighted by Gasteiger charge is 2.31. The van der Waals surface area contributed by atoms with Gasteiger partial charge in [-0.1, -0.05) is 6.07 Å². The van der Waals surface area contributed by atoms with Crippen LogP contribution in [0, 0.1) is 0 Å². The maximum atomic E-state index is 12.2. The molecular weight excluding hydrogens is 308 g/mol. The Morgan fingerprint density at radius 1 is 1.29 bits per heavy atom. The quantitative estimate of drug-likeness (QED) is 0.767. The number of hydrogen-bond donors (Lipinski definition) is 2. The second-order valence-electron chi connectivity index (χ2n) is 6.18. The Morgan fingerprint density at radius 2 is 2.04 bits per heavy atom. The molecule has 0 aliphatic carbocycles. The summed E-state index contributed by atoms with van der Waals surface area (Å²) in [4.78, 5) is 29.5. The monoisotopic (exact) mass is 334 g/mol. The normalized spacial score (nSPS) is 20.6. The number of carbonyl (C=O) groups is 2. The number of amides is 2. The van der Waals surface area contributed by atoms with Gasteiger partial charge in [0.25, 0.3) is 0 Å². The molecule has 1 aromatic rings. The predicted octanol–water partition coefficient (Wildman–Crippen LogP) is 0.695. The fraction of sp³-hybridized carbons (Fsp3) is 0.588. The highest BCUT2D eigenvalue weighted by atomic mass is 16.5. The van der Waals surface area contributed by atoms with Gasteiger partial charge in [0.05, 0.1) is 7.11 Å². The van der Waals surface area contributed by atoms with E-state index in [9.17, 15) is 9.59 Å². The minimum Gasteiger partial charge on any atom is -0.481 e. The maximum absolute atomic E-state index is 12.2. The average Bonchev–Trinajstić information content (AvgIpc) is 2.91. The Hall–Kier alpha value is -2.15. The van der Waals surface area contributed by atoms with Crippen LogP contribution in [0.4, 0.5) is 0 Å². The van der Waals surface area contributed by atoms with Crippen molar-refractivity contribution < 1.29 is 14.3 Å². The minimum atomic E-state index is -0.0160. The largest absolute Gasteiger partial charge is 0.481 e. The fourth-order valence-corrected chi connectivity index (χ4v) is 2.97. The van der Waals surface area contributed by atoms with Crippen molar-refractivity contribution in [3.8, 4) is 5.88 Å². The third-order valence-electron chi connectivity index (χ3n) is 4.49. The number of likely N-dealkylation sites (tertiary alicyclic amines) is 1. The van der Waals surface area contributed by atoms with Crippen molar-refractivity contribution in [1.82, 2.24) is 20.5 Å². The number of aromatic nitrogens is 1. The van der Waals surface area contributed by atoms with Crippen LogP contribution < -0.4 is 15.4 Å². The van der Waals surface area contributed by atoms with Gasteiger partial charge in [-0.15, -0.1) is 0 Å². The van der Waals surface area contributed by atoms with Crippen molar-refractivity contribution in [2.24, 2.45) is 0 Å². The van der Waals surface area contributed by atoms with Gasteiger partial charge >= 0.3 is 0 Å². The molecule has 1 aliphatic rings. The zero-order valence-electron chi connectivity index (χ0n) is 14.5. The Morgan fingerprint density at radius 3 is 2.67 bits per heavy atom. The van der Waals surface area contributed by atoms with Crippen molar-refractivity contribution in [3.05, 3.63) is 23.9 Å². The maximum Gasteiger partial charge on any atom is 0.221 e. The Labute approximate surface area is 142 Å². The van der Waals surface area contributed by atoms with E-state index in [0.29, 0.717) is 31.4 Å². The molecule has 1 fully saturated rings. The first-order valence-corrected chi connectivity index (χ1v) is 8.21. The van der Waals surface area contributed by atoms with Gasteiger partial charge in [-0.3, -0.25) is 14.5 Å². The Kier molecular flexibility index (Phi) is 6.54. The van der Waals surface area contributed by atoms with Crippen molar-refractivity contribution >= 4 is 11.8 Å². The zero-order valence-corrected chi connectivity index (χ0v) is 14.5. The number of carbonyl (C=O) groups excluding carboxylic acids is 2. The van der Waals surface area contributed by atoms with E-state index in [1.54, 1.807) is 19.4 Å². The van der Waals surface area contributed by atoms with Gasteiger partial charge in [0.15, 0.2) is 0 Å². The van der Waals surface area contributed by atoms with Crippen LogP contribution in [-0.2, 0) is 16.1 Å². The van der Waals surface area contributed by atoms with Crippen LogP contribution in [0.5, 0.6) is 5.88 Å². The molecule has 1 aliphatic heterocycles. The summed E-state index contributed by atoms with van der Waals surface area (Å²) in [6.45, 7) is 2.62. The molecule has 0 aromatic carbocycles. The lowest BCUT2D eigenvalue weighted by atomic mass is 10.1. The molecule has 7 heteroatoms. The van der Waals surface area contributed by atoms with Crippen LogP contribution in [-0.4, -0.2) is 54.5 Å². The van der Waals surface area contributed by atoms with Crippen molar-refractivity contribution in [1.29, 1.82) is 0 Å². The number of pyridine rings is 1. The Balaban J connectivity index is 1.74. The van der Waals surface area contributed by atoms with Gasteiger partial charge in [0, 0.05) is 50.8 Å². The first kappa shape index (κ1) is 18.2. The lowest BCUT2D eigenvalue weighted by Crippen LogP contribution is -2.41. The van der Waals surface area contributed by atoms with Gasteiger partial charge in [0.2, 0.25) is 17.7 Å². The van der Waals surface area contributed by atoms with E-state index in [-0.39, 0.29) is 17.9 Å². The highest BCUT2D eigenvalue weighted by molar-refractivity contribution is 5.76. The van der Waals surface area contributed by atoms with Crippen molar-refractivity contribution in [2.75, 3.05) is 20.7 Å². The molecular formula is C17H26N4O3. The predicted molar refractivity (Wildman–Crippen MR) is 90.5 cm³/mol. The molecule has 7 nitrogen and oxygen atoms in total. The molecule has 0 unspecified atom stereocenters. The summed E-state index contributed by atoms with van der Waals surface area (Å²) in [5.41, 5.74) is 0.937. The minimum absolute atomic E-state index is 0.0160. The summed E-state index contributed by atoms with van der Waals surface area (Å²) in [6.07, 6.45) is 4.14. The van der Waals surface area contributed by atoms with Gasteiger partial charge in [-0.2, -0.15) is 0 Å². The number of rotatable bonds is 7. The second kappa shape index (κ2) is 8.63. The number of nitrogens with one attached hydrogen (secondary N) is 2. The van der Waals surface area contributed by atoms with Crippen LogP contribution >= 0.6 is 0 Å². The van der Waals surface area contributed by atoms with E-state index in [4.69, 9.17) is 4.74 Å². The van der Waals surface area contributed by atoms with Gasteiger partial charge in [0.1, 0.15) is 0 Å². The third-order valence-corrected chi connectivity index (χ3v) is 4.49. The number of methoxy groups -OCH3 is 1. The van der Waals surface area contributed by atoms with E-state index in [1.165, 1.54) is 6.92 Å². The van der Waals surface area contributed by atoms with E-state index in [1.807, 2.05) is 13.1 Å². The average molecular weight is 334 g/mol. The smallest absolute Gasteiger partial charge is 0.221 e. The molecule has 0 saturated carbocycles. The number of hydrogen-bond acceptors (Lipinski definition) is 5. The summed E-state index contributed by atoms with van der Waals surface area (Å²) in [7, 11) is 3.59.